The molecule has 2 heterocycles. The molecule has 0 aliphatic carbocycles. The van der Waals surface area contributed by atoms with Crippen molar-refractivity contribution in [3.05, 3.63) is 29.8 Å². The smallest absolute Gasteiger partial charge is 0.231 e. The number of nitrogens with two attached hydrogens (primary N) is 1. The number of methoxy groups -OCH3 is 1. The lowest BCUT2D eigenvalue weighted by molar-refractivity contribution is -0.137. The number of hydrogen-bond donors (Lipinski definition) is 1. The second-order valence-electron chi connectivity index (χ2n) is 5.70. The molecule has 2 aliphatic rings. The first-order valence-electron chi connectivity index (χ1n) is 7.49. The number of benzene rings is 1. The number of carbonyl (C=O) groups excluding carboxylic acids is 1. The molecule has 2 N–H and O–H groups in total. The topological polar surface area (TPSA) is 55.6 Å². The van der Waals surface area contributed by atoms with Crippen molar-refractivity contribution in [2.24, 2.45) is 5.73 Å². The number of thioether (sulfide) groups is 1. The molecule has 1 saturated heterocycles. The Morgan fingerprint density at radius 2 is 2.29 bits per heavy atom. The number of amides is 1. The van der Waals surface area contributed by atoms with Crippen LogP contribution in [0.2, 0.25) is 0 Å². The molecule has 0 spiro atoms. The second-order valence-corrected chi connectivity index (χ2v) is 6.77. The van der Waals surface area contributed by atoms with Crippen molar-refractivity contribution in [2.45, 2.75) is 35.8 Å². The summed E-state index contributed by atoms with van der Waals surface area (Å²) >= 11 is 1.78. The number of carbonyl (C=O) groups is 1. The Labute approximate surface area is 130 Å². The molecule has 5 heteroatoms. The van der Waals surface area contributed by atoms with Gasteiger partial charge < -0.3 is 15.4 Å². The van der Waals surface area contributed by atoms with Crippen LogP contribution >= 0.6 is 11.8 Å². The summed E-state index contributed by atoms with van der Waals surface area (Å²) in [7, 11) is 1.74. The third-order valence-corrected chi connectivity index (χ3v) is 5.74. The summed E-state index contributed by atoms with van der Waals surface area (Å²) in [5.74, 6) is 1.07. The van der Waals surface area contributed by atoms with Crippen LogP contribution in [0.5, 0.6) is 0 Å². The van der Waals surface area contributed by atoms with Crippen molar-refractivity contribution in [3.63, 3.8) is 0 Å². The fraction of sp³-hybridized carbons (Fsp3) is 0.562. The van der Waals surface area contributed by atoms with Gasteiger partial charge in [-0.1, -0.05) is 18.2 Å². The highest BCUT2D eigenvalue weighted by Crippen LogP contribution is 2.40. The van der Waals surface area contributed by atoms with Crippen molar-refractivity contribution in [1.29, 1.82) is 0 Å². The van der Waals surface area contributed by atoms with Crippen LogP contribution in [0.25, 0.3) is 0 Å². The zero-order valence-electron chi connectivity index (χ0n) is 12.3. The Balaban J connectivity index is 1.76. The summed E-state index contributed by atoms with van der Waals surface area (Å²) in [4.78, 5) is 16.2. The summed E-state index contributed by atoms with van der Waals surface area (Å²) < 4.78 is 5.44. The van der Waals surface area contributed by atoms with Crippen LogP contribution in [-0.4, -0.2) is 48.9 Å². The Morgan fingerprint density at radius 3 is 3.05 bits per heavy atom. The van der Waals surface area contributed by atoms with Gasteiger partial charge in [0, 0.05) is 36.9 Å². The molecular weight excluding hydrogens is 284 g/mol. The van der Waals surface area contributed by atoms with Gasteiger partial charge in [0.1, 0.15) is 0 Å². The van der Waals surface area contributed by atoms with E-state index in [1.54, 1.807) is 18.9 Å². The minimum Gasteiger partial charge on any atom is -0.381 e. The van der Waals surface area contributed by atoms with Gasteiger partial charge in [0.05, 0.1) is 12.0 Å². The van der Waals surface area contributed by atoms with E-state index in [0.29, 0.717) is 6.54 Å². The van der Waals surface area contributed by atoms with Crippen LogP contribution in [0.3, 0.4) is 0 Å². The van der Waals surface area contributed by atoms with Gasteiger partial charge in [0.25, 0.3) is 0 Å². The highest BCUT2D eigenvalue weighted by atomic mass is 32.2. The molecule has 114 valence electrons. The molecule has 3 atom stereocenters. The van der Waals surface area contributed by atoms with Crippen molar-refractivity contribution >= 4 is 17.7 Å². The molecule has 0 radical (unpaired) electrons. The molecule has 2 aliphatic heterocycles. The molecule has 1 amide bonds. The van der Waals surface area contributed by atoms with Crippen molar-refractivity contribution in [2.75, 3.05) is 26.0 Å². The molecule has 0 bridgehead atoms. The Hall–Kier alpha value is -1.04. The quantitative estimate of drug-likeness (QED) is 0.926. The number of rotatable bonds is 3. The number of hydrogen-bond acceptors (Lipinski definition) is 4. The molecule has 21 heavy (non-hydrogen) atoms. The highest BCUT2D eigenvalue weighted by molar-refractivity contribution is 7.99. The van der Waals surface area contributed by atoms with Gasteiger partial charge in [-0.25, -0.2) is 0 Å². The molecule has 1 aromatic carbocycles. The fourth-order valence-corrected chi connectivity index (χ4v) is 4.53. The Bertz CT molecular complexity index is 523. The fourth-order valence-electron chi connectivity index (χ4n) is 3.31. The van der Waals surface area contributed by atoms with Gasteiger partial charge in [-0.15, -0.1) is 11.8 Å². The third kappa shape index (κ3) is 2.82. The van der Waals surface area contributed by atoms with Gasteiger partial charge >= 0.3 is 0 Å². The normalized spacial score (nSPS) is 28.5. The largest absolute Gasteiger partial charge is 0.381 e. The zero-order chi connectivity index (χ0) is 14.8. The van der Waals surface area contributed by atoms with E-state index < -0.39 is 0 Å². The van der Waals surface area contributed by atoms with E-state index in [2.05, 4.69) is 12.1 Å². The molecular formula is C16H22N2O2S. The molecule has 1 fully saturated rings. The predicted molar refractivity (Wildman–Crippen MR) is 84.5 cm³/mol. The molecule has 0 saturated carbocycles. The Kier molecular flexibility index (Phi) is 4.52. The number of ether oxygens (including phenoxy) is 1. The van der Waals surface area contributed by atoms with Gasteiger partial charge in [0.15, 0.2) is 0 Å². The van der Waals surface area contributed by atoms with E-state index in [4.69, 9.17) is 10.5 Å². The van der Waals surface area contributed by atoms with Gasteiger partial charge in [0.2, 0.25) is 5.91 Å². The first-order chi connectivity index (χ1) is 10.2. The minimum atomic E-state index is -0.0145. The van der Waals surface area contributed by atoms with Crippen molar-refractivity contribution in [3.8, 4) is 0 Å². The minimum absolute atomic E-state index is 0.0145. The second kappa shape index (κ2) is 6.38. The van der Waals surface area contributed by atoms with E-state index in [9.17, 15) is 4.79 Å². The van der Waals surface area contributed by atoms with Crippen LogP contribution in [-0.2, 0) is 9.53 Å². The predicted octanol–water partition coefficient (Wildman–Crippen LogP) is 1.84. The van der Waals surface area contributed by atoms with Crippen LogP contribution in [0.1, 0.15) is 24.3 Å². The monoisotopic (exact) mass is 306 g/mol. The highest BCUT2D eigenvalue weighted by Gasteiger charge is 2.37. The lowest BCUT2D eigenvalue weighted by Gasteiger charge is -2.39. The maximum Gasteiger partial charge on any atom is 0.231 e. The molecule has 4 nitrogen and oxygen atoms in total. The number of nitrogens with zero attached hydrogens (tertiary/aromatic N) is 1. The van der Waals surface area contributed by atoms with Crippen molar-refractivity contribution in [1.82, 2.24) is 4.90 Å². The van der Waals surface area contributed by atoms with Crippen molar-refractivity contribution < 1.29 is 9.53 Å². The number of piperidine rings is 1. The maximum atomic E-state index is 12.9. The summed E-state index contributed by atoms with van der Waals surface area (Å²) in [5, 5.41) is 0. The third-order valence-electron chi connectivity index (χ3n) is 4.55. The van der Waals surface area contributed by atoms with Gasteiger partial charge in [-0.05, 0) is 24.5 Å². The molecule has 1 aromatic rings. The van der Waals surface area contributed by atoms with E-state index in [1.807, 2.05) is 17.0 Å². The number of likely N-dealkylation sites (tertiary alicyclic amines) is 1. The van der Waals surface area contributed by atoms with E-state index >= 15 is 0 Å². The Morgan fingerprint density at radius 1 is 1.48 bits per heavy atom. The van der Waals surface area contributed by atoms with Crippen LogP contribution in [0.15, 0.2) is 29.2 Å². The SMILES string of the molecule is COC1CCN(C(=O)C2CSc3ccccc32)C(CN)C1. The maximum absolute atomic E-state index is 12.9. The summed E-state index contributed by atoms with van der Waals surface area (Å²) in [6.07, 6.45) is 1.98. The van der Waals surface area contributed by atoms with Gasteiger partial charge in [-0.3, -0.25) is 4.79 Å². The molecule has 3 rings (SSSR count). The lowest BCUT2D eigenvalue weighted by atomic mass is 9.94. The van der Waals surface area contributed by atoms with Crippen LogP contribution < -0.4 is 5.73 Å². The van der Waals surface area contributed by atoms with E-state index in [-0.39, 0.29) is 24.0 Å². The first kappa shape index (κ1) is 14.9. The first-order valence-corrected chi connectivity index (χ1v) is 8.48. The standard InChI is InChI=1S/C16H22N2O2S/c1-20-12-6-7-18(11(8-12)9-17)16(19)14-10-21-15-5-3-2-4-13(14)15/h2-5,11-12,14H,6-10,17H2,1H3. The van der Waals surface area contributed by atoms with Crippen LogP contribution in [0, 0.1) is 0 Å². The van der Waals surface area contributed by atoms with E-state index in [1.165, 1.54) is 10.5 Å². The summed E-state index contributed by atoms with van der Waals surface area (Å²) in [6, 6.07) is 8.34. The molecule has 3 unspecified atom stereocenters. The lowest BCUT2D eigenvalue weighted by Crippen LogP contribution is -2.52. The zero-order valence-corrected chi connectivity index (χ0v) is 13.1. The summed E-state index contributed by atoms with van der Waals surface area (Å²) in [6.45, 7) is 1.26. The summed E-state index contributed by atoms with van der Waals surface area (Å²) in [5.41, 5.74) is 7.06. The van der Waals surface area contributed by atoms with Gasteiger partial charge in [-0.2, -0.15) is 0 Å². The molecule has 0 aromatic heterocycles. The average molecular weight is 306 g/mol. The van der Waals surface area contributed by atoms with E-state index in [0.717, 1.165) is 25.1 Å². The number of fused-ring (bicyclic) bond motifs is 1. The van der Waals surface area contributed by atoms with Crippen LogP contribution in [0.4, 0.5) is 0 Å². The average Bonchev–Trinajstić information content (AvgIpc) is 2.97.